The first-order chi connectivity index (χ1) is 14.8. The summed E-state index contributed by atoms with van der Waals surface area (Å²) in [5, 5.41) is 15.5. The monoisotopic (exact) mass is 490 g/mol. The fourth-order valence-corrected chi connectivity index (χ4v) is 9.93. The van der Waals surface area contributed by atoms with Crippen molar-refractivity contribution in [2.75, 3.05) is 13.2 Å². The Morgan fingerprint density at radius 1 is 0.818 bits per heavy atom. The molecular weight excluding hydrogens is 440 g/mol. The zero-order valence-electron chi connectivity index (χ0n) is 23.0. The maximum Gasteiger partial charge on any atom is 0.407 e. The lowest BCUT2D eigenvalue weighted by Gasteiger charge is -2.45. The fraction of sp³-hybridized carbons (Fsp3) is 0.917. The average molecular weight is 491 g/mol. The first-order valence-electron chi connectivity index (χ1n) is 12.1. The molecule has 0 bridgehead atoms. The number of hydrogen-bond acceptors (Lipinski definition) is 6. The van der Waals surface area contributed by atoms with E-state index in [1.54, 1.807) is 41.5 Å². The number of nitrogens with one attached hydrogen (secondary N) is 2. The van der Waals surface area contributed by atoms with E-state index in [0.717, 1.165) is 0 Å². The van der Waals surface area contributed by atoms with Crippen molar-refractivity contribution in [1.82, 2.24) is 10.6 Å². The summed E-state index contributed by atoms with van der Waals surface area (Å²) in [7, 11) is -2.28. The lowest BCUT2D eigenvalue weighted by molar-refractivity contribution is 0.0417. The number of carbonyl (C=O) groups is 2. The standard InChI is InChI=1S/C24H50N2O6Si/c1-16(2)33(17(3)4,18(5)6)32-20(14-25-21(28)30-23(7,8)9)13-19(15-27)26-22(29)31-24(10,11)12/h16-20,27H,13-15H2,1-12H3,(H,25,28)(H,26,29)/t19-,20?/m0/s1. The molecule has 3 N–H and O–H groups in total. The normalized spacial score (nSPS) is 14.9. The first kappa shape index (κ1) is 31.7. The van der Waals surface area contributed by atoms with E-state index in [4.69, 9.17) is 13.9 Å². The summed E-state index contributed by atoms with van der Waals surface area (Å²) in [4.78, 5) is 24.6. The summed E-state index contributed by atoms with van der Waals surface area (Å²) >= 11 is 0. The Labute approximate surface area is 202 Å². The van der Waals surface area contributed by atoms with Gasteiger partial charge in [0.25, 0.3) is 0 Å². The second-order valence-corrected chi connectivity index (χ2v) is 17.1. The molecule has 2 amide bonds. The zero-order chi connectivity index (χ0) is 26.2. The molecule has 1 unspecified atom stereocenters. The highest BCUT2D eigenvalue weighted by Gasteiger charge is 2.47. The average Bonchev–Trinajstić information content (AvgIpc) is 2.58. The highest BCUT2D eigenvalue weighted by atomic mass is 28.4. The van der Waals surface area contributed by atoms with Crippen LogP contribution in [0.25, 0.3) is 0 Å². The van der Waals surface area contributed by atoms with Crippen LogP contribution in [-0.4, -0.2) is 62.1 Å². The minimum Gasteiger partial charge on any atom is -0.444 e. The molecule has 0 aromatic rings. The highest BCUT2D eigenvalue weighted by molar-refractivity contribution is 6.77. The number of hydrogen-bond donors (Lipinski definition) is 3. The van der Waals surface area contributed by atoms with Crippen molar-refractivity contribution < 1.29 is 28.6 Å². The van der Waals surface area contributed by atoms with Crippen molar-refractivity contribution >= 4 is 20.5 Å². The van der Waals surface area contributed by atoms with Gasteiger partial charge in [-0.3, -0.25) is 0 Å². The summed E-state index contributed by atoms with van der Waals surface area (Å²) in [6.07, 6.45) is -1.21. The van der Waals surface area contributed by atoms with Gasteiger partial charge in [0.2, 0.25) is 8.32 Å². The Bertz CT molecular complexity index is 589. The van der Waals surface area contributed by atoms with E-state index >= 15 is 0 Å². The van der Waals surface area contributed by atoms with Gasteiger partial charge in [-0.2, -0.15) is 0 Å². The SMILES string of the molecule is CC(C)[Si](OC(CNC(=O)OC(C)(C)C)C[C@@H](CO)NC(=O)OC(C)(C)C)(C(C)C)C(C)C. The third kappa shape index (κ3) is 11.6. The van der Waals surface area contributed by atoms with Crippen molar-refractivity contribution in [1.29, 1.82) is 0 Å². The minimum absolute atomic E-state index is 0.211. The molecule has 8 nitrogen and oxygen atoms in total. The Morgan fingerprint density at radius 2 is 1.24 bits per heavy atom. The molecule has 0 radical (unpaired) electrons. The predicted molar refractivity (Wildman–Crippen MR) is 135 cm³/mol. The Morgan fingerprint density at radius 3 is 1.61 bits per heavy atom. The largest absolute Gasteiger partial charge is 0.444 e. The predicted octanol–water partition coefficient (Wildman–Crippen LogP) is 5.35. The highest BCUT2D eigenvalue weighted by Crippen LogP contribution is 2.43. The molecule has 0 aliphatic carbocycles. The lowest BCUT2D eigenvalue weighted by atomic mass is 10.1. The molecule has 0 saturated carbocycles. The van der Waals surface area contributed by atoms with E-state index in [-0.39, 0.29) is 13.2 Å². The Kier molecular flexibility index (Phi) is 12.4. The van der Waals surface area contributed by atoms with E-state index in [2.05, 4.69) is 52.2 Å². The van der Waals surface area contributed by atoms with Gasteiger partial charge < -0.3 is 29.6 Å². The van der Waals surface area contributed by atoms with Gasteiger partial charge in [-0.1, -0.05) is 41.5 Å². The fourth-order valence-electron chi connectivity index (χ4n) is 4.35. The molecule has 9 heteroatoms. The quantitative estimate of drug-likeness (QED) is 0.337. The second kappa shape index (κ2) is 12.9. The van der Waals surface area contributed by atoms with Crippen LogP contribution in [0.5, 0.6) is 0 Å². The summed E-state index contributed by atoms with van der Waals surface area (Å²) in [5.41, 5.74) is -0.236. The van der Waals surface area contributed by atoms with E-state index in [0.29, 0.717) is 23.0 Å². The molecule has 0 rings (SSSR count). The van der Waals surface area contributed by atoms with Gasteiger partial charge in [0, 0.05) is 6.54 Å². The molecule has 0 aromatic heterocycles. The number of aliphatic hydroxyl groups is 1. The molecule has 0 aliphatic heterocycles. The summed E-state index contributed by atoms with van der Waals surface area (Å²) in [6.45, 7) is 23.8. The molecule has 0 heterocycles. The molecule has 33 heavy (non-hydrogen) atoms. The minimum atomic E-state index is -2.28. The summed E-state index contributed by atoms with van der Waals surface area (Å²) < 4.78 is 17.6. The van der Waals surface area contributed by atoms with Crippen molar-refractivity contribution in [2.24, 2.45) is 0 Å². The van der Waals surface area contributed by atoms with Crippen LogP contribution in [0.15, 0.2) is 0 Å². The molecule has 0 fully saturated rings. The van der Waals surface area contributed by atoms with Crippen molar-refractivity contribution in [3.05, 3.63) is 0 Å². The number of ether oxygens (including phenoxy) is 2. The van der Waals surface area contributed by atoms with Gasteiger partial charge in [0.15, 0.2) is 0 Å². The zero-order valence-corrected chi connectivity index (χ0v) is 24.0. The molecule has 0 aliphatic rings. The van der Waals surface area contributed by atoms with E-state index in [1.165, 1.54) is 0 Å². The van der Waals surface area contributed by atoms with Gasteiger partial charge in [0.05, 0.1) is 18.8 Å². The molecule has 0 spiro atoms. The summed E-state index contributed by atoms with van der Waals surface area (Å²) in [5.74, 6) is 0. The molecule has 196 valence electrons. The van der Waals surface area contributed by atoms with Crippen LogP contribution in [0.2, 0.25) is 16.6 Å². The molecule has 0 aromatic carbocycles. The van der Waals surface area contributed by atoms with Crippen LogP contribution in [0.3, 0.4) is 0 Å². The summed E-state index contributed by atoms with van der Waals surface area (Å²) in [6, 6.07) is -0.580. The van der Waals surface area contributed by atoms with Crippen LogP contribution in [0, 0.1) is 0 Å². The van der Waals surface area contributed by atoms with Crippen molar-refractivity contribution in [2.45, 2.75) is 129 Å². The van der Waals surface area contributed by atoms with Crippen LogP contribution in [0.4, 0.5) is 9.59 Å². The van der Waals surface area contributed by atoms with Gasteiger partial charge >= 0.3 is 12.2 Å². The second-order valence-electron chi connectivity index (χ2n) is 11.7. The number of alkyl carbamates (subject to hydrolysis) is 2. The molecule has 0 saturated heterocycles. The van der Waals surface area contributed by atoms with Gasteiger partial charge in [-0.05, 0) is 64.6 Å². The maximum absolute atomic E-state index is 12.3. The number of amides is 2. The Balaban J connectivity index is 5.71. The Hall–Kier alpha value is -1.32. The smallest absolute Gasteiger partial charge is 0.407 e. The topological polar surface area (TPSA) is 106 Å². The van der Waals surface area contributed by atoms with Crippen LogP contribution >= 0.6 is 0 Å². The number of carbonyl (C=O) groups excluding carboxylic acids is 2. The van der Waals surface area contributed by atoms with Crippen LogP contribution in [-0.2, 0) is 13.9 Å². The van der Waals surface area contributed by atoms with E-state index in [1.807, 2.05) is 0 Å². The molecular formula is C24H50N2O6Si. The maximum atomic E-state index is 12.3. The van der Waals surface area contributed by atoms with Gasteiger partial charge in [-0.15, -0.1) is 0 Å². The molecule has 2 atom stereocenters. The first-order valence-corrected chi connectivity index (χ1v) is 14.2. The number of aliphatic hydroxyl groups excluding tert-OH is 1. The lowest BCUT2D eigenvalue weighted by Crippen LogP contribution is -2.54. The van der Waals surface area contributed by atoms with E-state index in [9.17, 15) is 14.7 Å². The van der Waals surface area contributed by atoms with Crippen molar-refractivity contribution in [3.63, 3.8) is 0 Å². The third-order valence-electron chi connectivity index (χ3n) is 5.44. The number of rotatable bonds is 11. The van der Waals surface area contributed by atoms with Crippen molar-refractivity contribution in [3.8, 4) is 0 Å². The van der Waals surface area contributed by atoms with Gasteiger partial charge in [-0.25, -0.2) is 9.59 Å². The van der Waals surface area contributed by atoms with Crippen LogP contribution in [0.1, 0.15) is 89.5 Å². The van der Waals surface area contributed by atoms with Gasteiger partial charge in [0.1, 0.15) is 11.2 Å². The van der Waals surface area contributed by atoms with E-state index < -0.39 is 43.9 Å². The third-order valence-corrected chi connectivity index (χ3v) is 11.6. The van der Waals surface area contributed by atoms with Crippen LogP contribution < -0.4 is 10.6 Å².